The van der Waals surface area contributed by atoms with Crippen molar-refractivity contribution >= 4 is 5.91 Å². The second kappa shape index (κ2) is 7.44. The lowest BCUT2D eigenvalue weighted by atomic mass is 10.3. The van der Waals surface area contributed by atoms with Crippen LogP contribution in [0.25, 0.3) is 11.4 Å². The van der Waals surface area contributed by atoms with Gasteiger partial charge in [0.2, 0.25) is 17.6 Å². The zero-order valence-electron chi connectivity index (χ0n) is 11.4. The van der Waals surface area contributed by atoms with E-state index >= 15 is 0 Å². The summed E-state index contributed by atoms with van der Waals surface area (Å²) in [4.78, 5) is 15.8. The van der Waals surface area contributed by atoms with E-state index in [0.29, 0.717) is 31.1 Å². The largest absolute Gasteiger partial charge is 0.472 e. The highest BCUT2D eigenvalue weighted by atomic mass is 16.5. The predicted molar refractivity (Wildman–Crippen MR) is 71.9 cm³/mol. The molecule has 1 amide bonds. The summed E-state index contributed by atoms with van der Waals surface area (Å²) in [5.41, 5.74) is 0.761. The van der Waals surface area contributed by atoms with Crippen LogP contribution in [0.1, 0.15) is 18.7 Å². The van der Waals surface area contributed by atoms with Crippen molar-refractivity contribution in [3.05, 3.63) is 24.5 Å². The Morgan fingerprint density at radius 2 is 2.30 bits per heavy atom. The number of amides is 1. The van der Waals surface area contributed by atoms with Crippen molar-refractivity contribution in [1.29, 1.82) is 0 Å². The van der Waals surface area contributed by atoms with Crippen molar-refractivity contribution in [3.63, 3.8) is 0 Å². The molecular weight excluding hydrogens is 260 g/mol. The molecule has 0 aromatic carbocycles. The highest BCUT2D eigenvalue weighted by Crippen LogP contribution is 2.16. The molecule has 0 aliphatic heterocycles. The Morgan fingerprint density at radius 1 is 1.40 bits per heavy atom. The first-order valence-electron chi connectivity index (χ1n) is 6.56. The summed E-state index contributed by atoms with van der Waals surface area (Å²) >= 11 is 0. The maximum atomic E-state index is 11.6. The third-order valence-electron chi connectivity index (χ3n) is 2.74. The number of rotatable bonds is 8. The van der Waals surface area contributed by atoms with Crippen LogP contribution in [0, 0.1) is 0 Å². The molecule has 2 N–H and O–H groups in total. The molecule has 2 aromatic rings. The van der Waals surface area contributed by atoms with E-state index in [2.05, 4.69) is 20.8 Å². The van der Waals surface area contributed by atoms with Crippen molar-refractivity contribution < 1.29 is 13.7 Å². The van der Waals surface area contributed by atoms with Gasteiger partial charge in [0.25, 0.3) is 0 Å². The normalized spacial score (nSPS) is 10.7. The van der Waals surface area contributed by atoms with E-state index in [0.717, 1.165) is 18.5 Å². The van der Waals surface area contributed by atoms with Crippen molar-refractivity contribution in [2.75, 3.05) is 20.1 Å². The fourth-order valence-corrected chi connectivity index (χ4v) is 1.67. The summed E-state index contributed by atoms with van der Waals surface area (Å²) in [7, 11) is 1.88. The molecule has 0 radical (unpaired) electrons. The third kappa shape index (κ3) is 4.20. The van der Waals surface area contributed by atoms with Gasteiger partial charge in [-0.3, -0.25) is 4.79 Å². The highest BCUT2D eigenvalue weighted by Gasteiger charge is 2.11. The molecule has 0 unspecified atom stereocenters. The Labute approximate surface area is 116 Å². The molecule has 20 heavy (non-hydrogen) atoms. The zero-order valence-corrected chi connectivity index (χ0v) is 11.4. The van der Waals surface area contributed by atoms with Crippen LogP contribution >= 0.6 is 0 Å². The van der Waals surface area contributed by atoms with E-state index in [4.69, 9.17) is 8.94 Å². The minimum absolute atomic E-state index is 0.0100. The molecule has 2 aromatic heterocycles. The first-order valence-corrected chi connectivity index (χ1v) is 6.56. The molecule has 0 aliphatic rings. The highest BCUT2D eigenvalue weighted by molar-refractivity contribution is 5.75. The minimum Gasteiger partial charge on any atom is -0.472 e. The van der Waals surface area contributed by atoms with E-state index < -0.39 is 0 Å². The molecule has 0 atom stereocenters. The zero-order chi connectivity index (χ0) is 14.2. The van der Waals surface area contributed by atoms with Gasteiger partial charge in [0.05, 0.1) is 11.8 Å². The van der Waals surface area contributed by atoms with Crippen LogP contribution in [0.3, 0.4) is 0 Å². The number of aromatic nitrogens is 2. The van der Waals surface area contributed by atoms with E-state index in [1.807, 2.05) is 7.05 Å². The van der Waals surface area contributed by atoms with Crippen molar-refractivity contribution in [1.82, 2.24) is 20.8 Å². The summed E-state index contributed by atoms with van der Waals surface area (Å²) in [6.45, 7) is 1.56. The molecule has 7 heteroatoms. The number of hydrogen-bond acceptors (Lipinski definition) is 6. The first-order chi connectivity index (χ1) is 9.79. The summed E-state index contributed by atoms with van der Waals surface area (Å²) in [6.07, 6.45) is 4.77. The molecule has 0 fully saturated rings. The van der Waals surface area contributed by atoms with Gasteiger partial charge in [-0.1, -0.05) is 5.16 Å². The maximum Gasteiger partial charge on any atom is 0.227 e. The standard InChI is InChI=1S/C13H18N4O3/c1-14-6-2-7-15-11(18)3-4-12-16-13(17-20-12)10-5-8-19-9-10/h5,8-9,14H,2-4,6-7H2,1H3,(H,15,18). The van der Waals surface area contributed by atoms with E-state index in [-0.39, 0.29) is 5.91 Å². The molecule has 2 heterocycles. The molecule has 108 valence electrons. The molecule has 0 aliphatic carbocycles. The summed E-state index contributed by atoms with van der Waals surface area (Å²) in [5.74, 6) is 0.916. The van der Waals surface area contributed by atoms with E-state index in [1.54, 1.807) is 18.6 Å². The average molecular weight is 278 g/mol. The molecule has 7 nitrogen and oxygen atoms in total. The Hall–Kier alpha value is -2.15. The number of nitrogens with one attached hydrogen (secondary N) is 2. The van der Waals surface area contributed by atoms with Crippen LogP contribution in [0.15, 0.2) is 27.5 Å². The smallest absolute Gasteiger partial charge is 0.227 e. The van der Waals surface area contributed by atoms with E-state index in [9.17, 15) is 4.79 Å². The van der Waals surface area contributed by atoms with Gasteiger partial charge in [0.15, 0.2) is 0 Å². The van der Waals surface area contributed by atoms with Crippen LogP contribution in [0.4, 0.5) is 0 Å². The minimum atomic E-state index is -0.0100. The summed E-state index contributed by atoms with van der Waals surface area (Å²) < 4.78 is 10.0. The Kier molecular flexibility index (Phi) is 5.31. The van der Waals surface area contributed by atoms with Crippen LogP contribution in [-0.4, -0.2) is 36.2 Å². The topological polar surface area (TPSA) is 93.2 Å². The quantitative estimate of drug-likeness (QED) is 0.699. The second-order valence-electron chi connectivity index (χ2n) is 4.33. The Bertz CT molecular complexity index is 521. The predicted octanol–water partition coefficient (Wildman–Crippen LogP) is 0.988. The van der Waals surface area contributed by atoms with Crippen LogP contribution < -0.4 is 10.6 Å². The third-order valence-corrected chi connectivity index (χ3v) is 2.74. The SMILES string of the molecule is CNCCCNC(=O)CCc1nc(-c2ccoc2)no1. The summed E-state index contributed by atoms with van der Waals surface area (Å²) in [5, 5.41) is 9.70. The van der Waals surface area contributed by atoms with Gasteiger partial charge in [0, 0.05) is 19.4 Å². The number of carbonyl (C=O) groups excluding carboxylic acids is 1. The number of nitrogens with zero attached hydrogens (tertiary/aromatic N) is 2. The molecular formula is C13H18N4O3. The van der Waals surface area contributed by atoms with Gasteiger partial charge in [-0.25, -0.2) is 0 Å². The summed E-state index contributed by atoms with van der Waals surface area (Å²) in [6, 6.07) is 1.75. The van der Waals surface area contributed by atoms with Gasteiger partial charge in [-0.2, -0.15) is 4.98 Å². The Morgan fingerprint density at radius 3 is 3.05 bits per heavy atom. The van der Waals surface area contributed by atoms with Gasteiger partial charge in [0.1, 0.15) is 6.26 Å². The van der Waals surface area contributed by atoms with Gasteiger partial charge >= 0.3 is 0 Å². The van der Waals surface area contributed by atoms with E-state index in [1.165, 1.54) is 0 Å². The fraction of sp³-hybridized carbons (Fsp3) is 0.462. The lowest BCUT2D eigenvalue weighted by Crippen LogP contribution is -2.26. The fourth-order valence-electron chi connectivity index (χ4n) is 1.67. The number of carbonyl (C=O) groups is 1. The second-order valence-corrected chi connectivity index (χ2v) is 4.33. The van der Waals surface area contributed by atoms with Gasteiger partial charge in [-0.15, -0.1) is 0 Å². The number of hydrogen-bond donors (Lipinski definition) is 2. The average Bonchev–Trinajstić information content (AvgIpc) is 3.11. The lowest BCUT2D eigenvalue weighted by molar-refractivity contribution is -0.121. The van der Waals surface area contributed by atoms with Crippen LogP contribution in [0.2, 0.25) is 0 Å². The Balaban J connectivity index is 1.73. The maximum absolute atomic E-state index is 11.6. The number of furan rings is 1. The first kappa shape index (κ1) is 14.3. The van der Waals surface area contributed by atoms with Crippen molar-refractivity contribution in [3.8, 4) is 11.4 Å². The van der Waals surface area contributed by atoms with Gasteiger partial charge < -0.3 is 19.6 Å². The molecule has 0 saturated carbocycles. The lowest BCUT2D eigenvalue weighted by Gasteiger charge is -2.03. The van der Waals surface area contributed by atoms with Gasteiger partial charge in [-0.05, 0) is 26.1 Å². The van der Waals surface area contributed by atoms with Crippen molar-refractivity contribution in [2.45, 2.75) is 19.3 Å². The molecule has 2 rings (SSSR count). The molecule has 0 saturated heterocycles. The van der Waals surface area contributed by atoms with Crippen LogP contribution in [-0.2, 0) is 11.2 Å². The monoisotopic (exact) mass is 278 g/mol. The molecule has 0 spiro atoms. The van der Waals surface area contributed by atoms with Crippen LogP contribution in [0.5, 0.6) is 0 Å². The molecule has 0 bridgehead atoms. The van der Waals surface area contributed by atoms with Crippen molar-refractivity contribution in [2.24, 2.45) is 0 Å². The number of aryl methyl sites for hydroxylation is 1.